The summed E-state index contributed by atoms with van der Waals surface area (Å²) in [6.07, 6.45) is 8.01. The fourth-order valence-electron chi connectivity index (χ4n) is 3.93. The molecule has 1 amide bonds. The minimum Gasteiger partial charge on any atom is -0.353 e. The molecule has 0 aromatic heterocycles. The molecule has 2 rings (SSSR count). The second-order valence-corrected chi connectivity index (χ2v) is 8.18. The lowest BCUT2D eigenvalue weighted by molar-refractivity contribution is -0.127. The van der Waals surface area contributed by atoms with Crippen molar-refractivity contribution < 1.29 is 4.79 Å². The molecule has 2 nitrogen and oxygen atoms in total. The van der Waals surface area contributed by atoms with Crippen LogP contribution in [0.2, 0.25) is 0 Å². The van der Waals surface area contributed by atoms with E-state index in [-0.39, 0.29) is 5.92 Å². The molecule has 0 aliphatic heterocycles. The predicted molar refractivity (Wildman–Crippen MR) is 84.9 cm³/mol. The van der Waals surface area contributed by atoms with Gasteiger partial charge in [-0.05, 0) is 55.8 Å². The third kappa shape index (κ3) is 3.90. The van der Waals surface area contributed by atoms with Crippen LogP contribution in [0.3, 0.4) is 0 Å². The van der Waals surface area contributed by atoms with Gasteiger partial charge in [-0.25, -0.2) is 0 Å². The zero-order valence-corrected chi connectivity index (χ0v) is 14.0. The normalized spacial score (nSPS) is 35.0. The van der Waals surface area contributed by atoms with Crippen LogP contribution in [0.1, 0.15) is 65.7 Å². The monoisotopic (exact) mass is 299 g/mol. The second-order valence-electron chi connectivity index (χ2n) is 7.87. The summed E-state index contributed by atoms with van der Waals surface area (Å²) in [5.74, 6) is 2.48. The van der Waals surface area contributed by atoms with Crippen LogP contribution in [0.4, 0.5) is 0 Å². The molecular weight excluding hydrogens is 270 g/mol. The van der Waals surface area contributed by atoms with Crippen LogP contribution in [-0.2, 0) is 4.79 Å². The number of rotatable bonds is 3. The number of amides is 1. The number of carbonyl (C=O) groups is 1. The van der Waals surface area contributed by atoms with Crippen molar-refractivity contribution in [2.75, 3.05) is 5.88 Å². The molecule has 2 unspecified atom stereocenters. The van der Waals surface area contributed by atoms with Crippen LogP contribution in [0.15, 0.2) is 0 Å². The Kier molecular flexibility index (Phi) is 5.39. The summed E-state index contributed by atoms with van der Waals surface area (Å²) in [7, 11) is 0. The largest absolute Gasteiger partial charge is 0.353 e. The highest BCUT2D eigenvalue weighted by Crippen LogP contribution is 2.40. The summed E-state index contributed by atoms with van der Waals surface area (Å²) >= 11 is 5.99. The van der Waals surface area contributed by atoms with Crippen molar-refractivity contribution in [3.8, 4) is 0 Å². The average molecular weight is 300 g/mol. The minimum absolute atomic E-state index is 0.241. The van der Waals surface area contributed by atoms with Crippen molar-refractivity contribution in [3.63, 3.8) is 0 Å². The number of halogens is 1. The summed E-state index contributed by atoms with van der Waals surface area (Å²) in [5.41, 5.74) is 0.386. The van der Waals surface area contributed by atoms with Crippen LogP contribution in [0.25, 0.3) is 0 Å². The van der Waals surface area contributed by atoms with Gasteiger partial charge in [-0.2, -0.15) is 0 Å². The highest BCUT2D eigenvalue weighted by Gasteiger charge is 2.34. The van der Waals surface area contributed by atoms with Gasteiger partial charge in [0.2, 0.25) is 5.91 Å². The molecule has 20 heavy (non-hydrogen) atoms. The van der Waals surface area contributed by atoms with E-state index in [4.69, 9.17) is 11.6 Å². The first-order chi connectivity index (χ1) is 9.41. The third-order valence-corrected chi connectivity index (χ3v) is 5.90. The first kappa shape index (κ1) is 16.1. The average Bonchev–Trinajstić information content (AvgIpc) is 2.85. The summed E-state index contributed by atoms with van der Waals surface area (Å²) in [6, 6.07) is 0.334. The van der Waals surface area contributed by atoms with Crippen molar-refractivity contribution in [3.05, 3.63) is 0 Å². The van der Waals surface area contributed by atoms with Crippen LogP contribution in [0, 0.1) is 23.2 Å². The molecule has 0 spiro atoms. The summed E-state index contributed by atoms with van der Waals surface area (Å²) in [4.78, 5) is 12.4. The van der Waals surface area contributed by atoms with Gasteiger partial charge in [0.1, 0.15) is 0 Å². The first-order valence-corrected chi connectivity index (χ1v) is 8.81. The van der Waals surface area contributed by atoms with Gasteiger partial charge in [-0.15, -0.1) is 11.6 Å². The van der Waals surface area contributed by atoms with Crippen LogP contribution in [0.5, 0.6) is 0 Å². The molecule has 2 aliphatic rings. The fraction of sp³-hybridized carbons (Fsp3) is 0.941. The number of alkyl halides is 1. The minimum atomic E-state index is 0.241. The molecule has 0 heterocycles. The van der Waals surface area contributed by atoms with E-state index in [9.17, 15) is 4.79 Å². The maximum Gasteiger partial charge on any atom is 0.223 e. The van der Waals surface area contributed by atoms with E-state index in [0.29, 0.717) is 29.2 Å². The van der Waals surface area contributed by atoms with Gasteiger partial charge < -0.3 is 5.32 Å². The Hall–Kier alpha value is -0.240. The second kappa shape index (κ2) is 6.68. The molecule has 1 N–H and O–H groups in total. The standard InChI is InChI=1S/C17H30ClNO/c1-17(2,3)14-9-7-12(8-10-14)16(20)19-15-6-4-5-13(15)11-18/h12-15H,4-11H2,1-3H3,(H,19,20). The van der Waals surface area contributed by atoms with Crippen LogP contribution >= 0.6 is 11.6 Å². The summed E-state index contributed by atoms with van der Waals surface area (Å²) < 4.78 is 0. The molecule has 116 valence electrons. The third-order valence-electron chi connectivity index (χ3n) is 5.51. The van der Waals surface area contributed by atoms with E-state index < -0.39 is 0 Å². The van der Waals surface area contributed by atoms with E-state index in [0.717, 1.165) is 25.2 Å². The van der Waals surface area contributed by atoms with Gasteiger partial charge >= 0.3 is 0 Å². The van der Waals surface area contributed by atoms with Gasteiger partial charge in [0.15, 0.2) is 0 Å². The van der Waals surface area contributed by atoms with Crippen LogP contribution < -0.4 is 5.32 Å². The number of hydrogen-bond donors (Lipinski definition) is 1. The van der Waals surface area contributed by atoms with Crippen LogP contribution in [-0.4, -0.2) is 17.8 Å². The van der Waals surface area contributed by atoms with Crippen molar-refractivity contribution >= 4 is 17.5 Å². The lowest BCUT2D eigenvalue weighted by Gasteiger charge is -2.37. The Labute approximate surface area is 129 Å². The highest BCUT2D eigenvalue weighted by molar-refractivity contribution is 6.18. The molecule has 2 saturated carbocycles. The van der Waals surface area contributed by atoms with Crippen molar-refractivity contribution in [2.24, 2.45) is 23.2 Å². The number of carbonyl (C=O) groups excluding carboxylic acids is 1. The fourth-order valence-corrected chi connectivity index (χ4v) is 4.30. The van der Waals surface area contributed by atoms with E-state index in [2.05, 4.69) is 26.1 Å². The molecule has 2 fully saturated rings. The Morgan fingerprint density at radius 1 is 1.10 bits per heavy atom. The number of hydrogen-bond acceptors (Lipinski definition) is 1. The zero-order valence-electron chi connectivity index (χ0n) is 13.3. The predicted octanol–water partition coefficient (Wildman–Crippen LogP) is 4.36. The molecular formula is C17H30ClNO. The summed E-state index contributed by atoms with van der Waals surface area (Å²) in [5, 5.41) is 3.28. The lowest BCUT2D eigenvalue weighted by atomic mass is 9.69. The Balaban J connectivity index is 1.80. The number of nitrogens with one attached hydrogen (secondary N) is 1. The van der Waals surface area contributed by atoms with Crippen molar-refractivity contribution in [1.29, 1.82) is 0 Å². The zero-order chi connectivity index (χ0) is 14.8. The van der Waals surface area contributed by atoms with E-state index in [1.165, 1.54) is 25.7 Å². The maximum absolute atomic E-state index is 12.4. The maximum atomic E-state index is 12.4. The van der Waals surface area contributed by atoms with Gasteiger partial charge in [-0.1, -0.05) is 27.2 Å². The summed E-state index contributed by atoms with van der Waals surface area (Å²) in [6.45, 7) is 6.96. The molecule has 0 aromatic carbocycles. The van der Waals surface area contributed by atoms with Crippen molar-refractivity contribution in [2.45, 2.75) is 71.8 Å². The van der Waals surface area contributed by atoms with E-state index in [1.807, 2.05) is 0 Å². The lowest BCUT2D eigenvalue weighted by Crippen LogP contribution is -2.42. The van der Waals surface area contributed by atoms with E-state index >= 15 is 0 Å². The van der Waals surface area contributed by atoms with E-state index in [1.54, 1.807) is 0 Å². The quantitative estimate of drug-likeness (QED) is 0.771. The van der Waals surface area contributed by atoms with Gasteiger partial charge in [0, 0.05) is 17.8 Å². The SMILES string of the molecule is CC(C)(C)C1CCC(C(=O)NC2CCCC2CCl)CC1. The molecule has 0 radical (unpaired) electrons. The molecule has 3 heteroatoms. The topological polar surface area (TPSA) is 29.1 Å². The Morgan fingerprint density at radius 2 is 1.75 bits per heavy atom. The first-order valence-electron chi connectivity index (χ1n) is 8.28. The Morgan fingerprint density at radius 3 is 2.30 bits per heavy atom. The Bertz CT molecular complexity index is 328. The molecule has 0 aromatic rings. The highest BCUT2D eigenvalue weighted by atomic mass is 35.5. The van der Waals surface area contributed by atoms with Crippen molar-refractivity contribution in [1.82, 2.24) is 5.32 Å². The molecule has 2 atom stereocenters. The molecule has 0 bridgehead atoms. The van der Waals surface area contributed by atoms with Gasteiger partial charge in [0.25, 0.3) is 0 Å². The molecule has 0 saturated heterocycles. The molecule has 2 aliphatic carbocycles. The van der Waals surface area contributed by atoms with Gasteiger partial charge in [-0.3, -0.25) is 4.79 Å². The van der Waals surface area contributed by atoms with Gasteiger partial charge in [0.05, 0.1) is 0 Å². The smallest absolute Gasteiger partial charge is 0.223 e.